The molecule has 1 aromatic heterocycles. The first-order valence-corrected chi connectivity index (χ1v) is 19.8. The zero-order valence-electron chi connectivity index (χ0n) is 31.7. The van der Waals surface area contributed by atoms with Gasteiger partial charge in [-0.1, -0.05) is 154 Å². The maximum atomic E-state index is 12.6. The van der Waals surface area contributed by atoms with Crippen molar-refractivity contribution in [3.05, 3.63) is 146 Å². The first kappa shape index (κ1) is 44.6. The molecule has 0 radical (unpaired) electrons. The fraction of sp³-hybridized carbons (Fsp3) is 0.348. The van der Waals surface area contributed by atoms with Gasteiger partial charge in [-0.05, 0) is 78.5 Å². The van der Waals surface area contributed by atoms with Gasteiger partial charge in [0.2, 0.25) is 0 Å². The SMILES string of the molecule is C.Cc1ccc(C(=O)C[C@H](C)Cc2ccc(-c3cnc(C(C)(C)C)[nH]3)cc2)cc1Cl.Cc1ccc(C(=O)C[C@H](C)Cc2ccc(C(=O)CBr)cc2)cc1Cl. The van der Waals surface area contributed by atoms with E-state index in [-0.39, 0.29) is 42.0 Å². The third-order valence-corrected chi connectivity index (χ3v) is 10.5. The van der Waals surface area contributed by atoms with Crippen molar-refractivity contribution in [3.63, 3.8) is 0 Å². The van der Waals surface area contributed by atoms with Gasteiger partial charge in [-0.15, -0.1) is 0 Å². The van der Waals surface area contributed by atoms with Gasteiger partial charge in [0.25, 0.3) is 0 Å². The fourth-order valence-electron chi connectivity index (χ4n) is 5.92. The van der Waals surface area contributed by atoms with E-state index < -0.39 is 0 Å². The average Bonchev–Trinajstić information content (AvgIpc) is 3.63. The number of nitrogens with zero attached hydrogens (tertiary/aromatic N) is 1. The summed E-state index contributed by atoms with van der Waals surface area (Å²) in [5.74, 6) is 1.78. The van der Waals surface area contributed by atoms with Crippen LogP contribution in [0.25, 0.3) is 11.3 Å². The first-order chi connectivity index (χ1) is 25.0. The molecule has 0 saturated carbocycles. The normalized spacial score (nSPS) is 12.2. The molecule has 0 aliphatic heterocycles. The predicted molar refractivity (Wildman–Crippen MR) is 230 cm³/mol. The number of carbonyl (C=O) groups is 3. The molecule has 286 valence electrons. The highest BCUT2D eigenvalue weighted by Gasteiger charge is 2.18. The Labute approximate surface area is 340 Å². The maximum absolute atomic E-state index is 12.6. The van der Waals surface area contributed by atoms with Crippen LogP contribution in [0, 0.1) is 25.7 Å². The number of hydrogen-bond donors (Lipinski definition) is 1. The summed E-state index contributed by atoms with van der Waals surface area (Å²) in [4.78, 5) is 44.5. The highest BCUT2D eigenvalue weighted by atomic mass is 79.9. The van der Waals surface area contributed by atoms with Gasteiger partial charge in [0.15, 0.2) is 17.3 Å². The zero-order valence-corrected chi connectivity index (χ0v) is 34.8. The Bertz CT molecular complexity index is 2030. The summed E-state index contributed by atoms with van der Waals surface area (Å²) in [6.45, 7) is 14.5. The molecule has 54 heavy (non-hydrogen) atoms. The Hall–Kier alpha value is -3.84. The van der Waals surface area contributed by atoms with Crippen molar-refractivity contribution in [3.8, 4) is 11.3 Å². The Morgan fingerprint density at radius 3 is 1.50 bits per heavy atom. The summed E-state index contributed by atoms with van der Waals surface area (Å²) in [6, 6.07) is 27.1. The van der Waals surface area contributed by atoms with Crippen molar-refractivity contribution in [2.75, 3.05) is 5.33 Å². The summed E-state index contributed by atoms with van der Waals surface area (Å²) in [6.07, 6.45) is 4.54. The minimum Gasteiger partial charge on any atom is -0.342 e. The van der Waals surface area contributed by atoms with Gasteiger partial charge in [-0.2, -0.15) is 0 Å². The van der Waals surface area contributed by atoms with Gasteiger partial charge in [-0.25, -0.2) is 4.98 Å². The molecule has 5 rings (SSSR count). The molecule has 0 unspecified atom stereocenters. The number of imidazole rings is 1. The van der Waals surface area contributed by atoms with E-state index in [0.29, 0.717) is 44.9 Å². The molecule has 0 aliphatic rings. The number of alkyl halides is 1. The lowest BCUT2D eigenvalue weighted by molar-refractivity contribution is 0.0956. The Kier molecular flexibility index (Phi) is 16.7. The van der Waals surface area contributed by atoms with Crippen LogP contribution in [0.4, 0.5) is 0 Å². The van der Waals surface area contributed by atoms with Crippen LogP contribution in [0.15, 0.2) is 91.1 Å². The predicted octanol–water partition coefficient (Wildman–Crippen LogP) is 13.1. The van der Waals surface area contributed by atoms with E-state index in [0.717, 1.165) is 46.6 Å². The summed E-state index contributed by atoms with van der Waals surface area (Å²) in [7, 11) is 0. The topological polar surface area (TPSA) is 79.9 Å². The lowest BCUT2D eigenvalue weighted by atomic mass is 9.93. The number of H-pyrrole nitrogens is 1. The van der Waals surface area contributed by atoms with E-state index in [1.165, 1.54) is 5.56 Å². The van der Waals surface area contributed by atoms with E-state index in [2.05, 4.69) is 84.8 Å². The monoisotopic (exact) mass is 830 g/mol. The minimum absolute atomic E-state index is 0. The van der Waals surface area contributed by atoms with Crippen molar-refractivity contribution in [1.29, 1.82) is 0 Å². The number of ketones is 3. The summed E-state index contributed by atoms with van der Waals surface area (Å²) < 4.78 is 0. The lowest BCUT2D eigenvalue weighted by Gasteiger charge is -2.14. The van der Waals surface area contributed by atoms with E-state index in [4.69, 9.17) is 23.2 Å². The molecule has 0 aliphatic carbocycles. The van der Waals surface area contributed by atoms with Gasteiger partial charge >= 0.3 is 0 Å². The smallest absolute Gasteiger partial charge is 0.173 e. The molecular weight excluding hydrogens is 779 g/mol. The molecule has 2 atom stereocenters. The number of carbonyl (C=O) groups excluding carboxylic acids is 3. The van der Waals surface area contributed by atoms with Gasteiger partial charge in [0.05, 0.1) is 17.2 Å². The molecule has 5 nitrogen and oxygen atoms in total. The number of aryl methyl sites for hydroxylation is 2. The molecule has 5 aromatic rings. The molecule has 0 spiro atoms. The quantitative estimate of drug-likeness (QED) is 0.0946. The maximum Gasteiger partial charge on any atom is 0.173 e. The molecule has 8 heteroatoms. The zero-order chi connectivity index (χ0) is 38.9. The van der Waals surface area contributed by atoms with E-state index >= 15 is 0 Å². The van der Waals surface area contributed by atoms with Crippen LogP contribution in [0.1, 0.15) is 114 Å². The number of hydrogen-bond acceptors (Lipinski definition) is 4. The third kappa shape index (κ3) is 12.9. The van der Waals surface area contributed by atoms with Crippen LogP contribution in [-0.2, 0) is 18.3 Å². The molecule has 1 N–H and O–H groups in total. The van der Waals surface area contributed by atoms with Crippen molar-refractivity contribution >= 4 is 56.5 Å². The summed E-state index contributed by atoms with van der Waals surface area (Å²) in [5.41, 5.74) is 8.52. The molecule has 0 fully saturated rings. The number of benzene rings is 4. The average molecular weight is 833 g/mol. The number of aromatic nitrogens is 2. The second-order valence-corrected chi connectivity index (χ2v) is 16.5. The highest BCUT2D eigenvalue weighted by Crippen LogP contribution is 2.26. The molecule has 0 amide bonds. The highest BCUT2D eigenvalue weighted by molar-refractivity contribution is 9.09. The Morgan fingerprint density at radius 1 is 0.685 bits per heavy atom. The van der Waals surface area contributed by atoms with Gasteiger partial charge in [-0.3, -0.25) is 14.4 Å². The second-order valence-electron chi connectivity index (χ2n) is 15.1. The molecule has 4 aromatic carbocycles. The third-order valence-electron chi connectivity index (χ3n) is 9.17. The van der Waals surface area contributed by atoms with E-state index in [9.17, 15) is 14.4 Å². The number of aromatic amines is 1. The number of nitrogens with one attached hydrogen (secondary N) is 1. The first-order valence-electron chi connectivity index (χ1n) is 18.0. The lowest BCUT2D eigenvalue weighted by Crippen LogP contribution is -2.13. The number of halogens is 3. The molecule has 0 bridgehead atoms. The minimum atomic E-state index is 0. The standard InChI is InChI=1S/C25H29ClN2O.C20H20BrClO2.CH4/c1-16(13-23(29)20-9-6-17(2)21(26)14-20)12-18-7-10-19(11-8-18)22-15-27-24(28-22)25(3,4)5;1-13(9-15-4-7-16(8-5-15)20(24)12-21)10-19(23)17-6-3-14(2)18(22)11-17;/h6-11,14-16H,12-13H2,1-5H3,(H,27,28);3-8,11,13H,9-10,12H2,1-2H3;1H4/t16-;13-;/m11./s1. The van der Waals surface area contributed by atoms with Crippen LogP contribution in [-0.4, -0.2) is 32.6 Å². The van der Waals surface area contributed by atoms with Gasteiger partial charge in [0.1, 0.15) is 5.82 Å². The van der Waals surface area contributed by atoms with Crippen molar-refractivity contribution < 1.29 is 14.4 Å². The van der Waals surface area contributed by atoms with Crippen LogP contribution >= 0.6 is 39.1 Å². The van der Waals surface area contributed by atoms with Gasteiger partial charge in [0, 0.05) is 45.0 Å². The summed E-state index contributed by atoms with van der Waals surface area (Å²) >= 11 is 15.4. The van der Waals surface area contributed by atoms with Crippen molar-refractivity contribution in [2.45, 2.75) is 87.0 Å². The van der Waals surface area contributed by atoms with Crippen LogP contribution in [0.3, 0.4) is 0 Å². The Balaban J connectivity index is 0.000000290. The largest absolute Gasteiger partial charge is 0.342 e. The van der Waals surface area contributed by atoms with Crippen molar-refractivity contribution in [1.82, 2.24) is 9.97 Å². The number of rotatable bonds is 13. The van der Waals surface area contributed by atoms with E-state index in [1.54, 1.807) is 12.1 Å². The number of Topliss-reactive ketones (excluding diaryl/α,β-unsaturated/α-hetero) is 3. The molecule has 0 saturated heterocycles. The molecule has 1 heterocycles. The van der Waals surface area contributed by atoms with Crippen LogP contribution in [0.5, 0.6) is 0 Å². The van der Waals surface area contributed by atoms with E-state index in [1.807, 2.05) is 68.6 Å². The van der Waals surface area contributed by atoms with Crippen LogP contribution < -0.4 is 0 Å². The van der Waals surface area contributed by atoms with Crippen LogP contribution in [0.2, 0.25) is 10.0 Å². The van der Waals surface area contributed by atoms with Gasteiger partial charge < -0.3 is 4.98 Å². The Morgan fingerprint density at radius 2 is 1.11 bits per heavy atom. The fourth-order valence-corrected chi connectivity index (χ4v) is 6.61. The molecular formula is C46H53BrCl2N2O3. The van der Waals surface area contributed by atoms with Crippen molar-refractivity contribution in [2.24, 2.45) is 11.8 Å². The summed E-state index contributed by atoms with van der Waals surface area (Å²) in [5, 5.41) is 1.60. The second kappa shape index (κ2) is 20.2.